The molecule has 31 heavy (non-hydrogen) atoms. The van der Waals surface area contributed by atoms with Crippen LogP contribution in [0.15, 0.2) is 0 Å². The van der Waals surface area contributed by atoms with Crippen molar-refractivity contribution in [1.82, 2.24) is 5.32 Å². The van der Waals surface area contributed by atoms with Crippen LogP contribution in [-0.2, 0) is 4.79 Å². The summed E-state index contributed by atoms with van der Waals surface area (Å²) in [4.78, 5) is 11.4. The van der Waals surface area contributed by atoms with E-state index < -0.39 is 0 Å². The third-order valence-corrected chi connectivity index (χ3v) is 6.44. The maximum Gasteiger partial charge on any atom is 0.220 e. The molecule has 0 heterocycles. The lowest BCUT2D eigenvalue weighted by atomic mass is 10.0. The number of unbranched alkanes of at least 4 members (excludes halogenated alkanes) is 22. The molecule has 0 aliphatic rings. The number of amides is 1. The van der Waals surface area contributed by atoms with Crippen LogP contribution in [0.5, 0.6) is 0 Å². The quantitative estimate of drug-likeness (QED) is 0.133. The van der Waals surface area contributed by atoms with E-state index in [2.05, 4.69) is 12.2 Å². The summed E-state index contributed by atoms with van der Waals surface area (Å²) in [6.45, 7) is 2.71. The summed E-state index contributed by atoms with van der Waals surface area (Å²) in [5, 5.41) is 11.4. The molecule has 186 valence electrons. The largest absolute Gasteiger partial charge is 0.395 e. The zero-order valence-electron chi connectivity index (χ0n) is 21.2. The van der Waals surface area contributed by atoms with Crippen LogP contribution < -0.4 is 5.32 Å². The number of carbonyl (C=O) groups is 1. The molecular formula is C28H57NO2. The van der Waals surface area contributed by atoms with E-state index in [9.17, 15) is 4.79 Å². The normalized spacial score (nSPS) is 11.2. The maximum atomic E-state index is 11.4. The van der Waals surface area contributed by atoms with Crippen LogP contribution in [0.4, 0.5) is 0 Å². The Morgan fingerprint density at radius 3 is 1.10 bits per heavy atom. The summed E-state index contributed by atoms with van der Waals surface area (Å²) in [5.41, 5.74) is 0. The minimum absolute atomic E-state index is 0.0329. The van der Waals surface area contributed by atoms with Gasteiger partial charge in [0.2, 0.25) is 5.91 Å². The second-order valence-electron chi connectivity index (χ2n) is 9.60. The number of nitrogens with one attached hydrogen (secondary N) is 1. The molecule has 3 nitrogen and oxygen atoms in total. The van der Waals surface area contributed by atoms with Gasteiger partial charge in [0.1, 0.15) is 0 Å². The second kappa shape index (κ2) is 27.5. The van der Waals surface area contributed by atoms with Gasteiger partial charge >= 0.3 is 0 Å². The van der Waals surface area contributed by atoms with Crippen molar-refractivity contribution in [3.8, 4) is 0 Å². The molecule has 0 aromatic carbocycles. The Hall–Kier alpha value is -0.570. The van der Waals surface area contributed by atoms with Crippen molar-refractivity contribution in [1.29, 1.82) is 0 Å². The van der Waals surface area contributed by atoms with Crippen LogP contribution in [-0.4, -0.2) is 24.2 Å². The molecular weight excluding hydrogens is 382 g/mol. The smallest absolute Gasteiger partial charge is 0.220 e. The molecule has 0 unspecified atom stereocenters. The minimum atomic E-state index is 0.0329. The van der Waals surface area contributed by atoms with Gasteiger partial charge in [-0.2, -0.15) is 0 Å². The van der Waals surface area contributed by atoms with Gasteiger partial charge in [0, 0.05) is 13.0 Å². The average Bonchev–Trinajstić information content (AvgIpc) is 2.78. The molecule has 3 heteroatoms. The summed E-state index contributed by atoms with van der Waals surface area (Å²) in [7, 11) is 0. The first-order valence-electron chi connectivity index (χ1n) is 14.2. The lowest BCUT2D eigenvalue weighted by molar-refractivity contribution is -0.121. The van der Waals surface area contributed by atoms with E-state index in [-0.39, 0.29) is 12.5 Å². The van der Waals surface area contributed by atoms with Crippen molar-refractivity contribution in [2.45, 2.75) is 161 Å². The first-order valence-corrected chi connectivity index (χ1v) is 14.2. The van der Waals surface area contributed by atoms with Crippen molar-refractivity contribution in [2.75, 3.05) is 13.2 Å². The fraction of sp³-hybridized carbons (Fsp3) is 0.964. The molecule has 0 fully saturated rings. The molecule has 0 aromatic heterocycles. The standard InChI is InChI=1S/C28H57NO2/c1-2-3-4-5-6-7-8-9-10-11-12-13-14-15-16-17-18-19-20-21-22-23-24-25-28(31)29-26-27-30/h30H,2-27H2,1H3,(H,29,31). The Morgan fingerprint density at radius 2 is 0.806 bits per heavy atom. The summed E-state index contributed by atoms with van der Waals surface area (Å²) >= 11 is 0. The van der Waals surface area contributed by atoms with Crippen molar-refractivity contribution in [3.05, 3.63) is 0 Å². The molecule has 0 aliphatic carbocycles. The molecule has 2 N–H and O–H groups in total. The Kier molecular flexibility index (Phi) is 27.0. The van der Waals surface area contributed by atoms with E-state index in [1.807, 2.05) is 0 Å². The first-order chi connectivity index (χ1) is 15.3. The SMILES string of the molecule is CCCCCCCCCCCCCCCCCCCCCCCCCC(=O)NCCO. The van der Waals surface area contributed by atoms with Gasteiger partial charge in [-0.15, -0.1) is 0 Å². The monoisotopic (exact) mass is 439 g/mol. The topological polar surface area (TPSA) is 49.3 Å². The third kappa shape index (κ3) is 27.4. The number of hydrogen-bond donors (Lipinski definition) is 2. The molecule has 0 saturated carbocycles. The Morgan fingerprint density at radius 1 is 0.516 bits per heavy atom. The molecule has 1 amide bonds. The van der Waals surface area contributed by atoms with E-state index in [0.717, 1.165) is 12.8 Å². The zero-order chi connectivity index (χ0) is 22.7. The first kappa shape index (κ1) is 30.4. The fourth-order valence-corrected chi connectivity index (χ4v) is 4.35. The van der Waals surface area contributed by atoms with E-state index in [1.54, 1.807) is 0 Å². The average molecular weight is 440 g/mol. The molecule has 0 aromatic rings. The number of aliphatic hydroxyl groups is 1. The van der Waals surface area contributed by atoms with Crippen molar-refractivity contribution >= 4 is 5.91 Å². The maximum absolute atomic E-state index is 11.4. The molecule has 0 bridgehead atoms. The Labute approximate surface area is 195 Å². The third-order valence-electron chi connectivity index (χ3n) is 6.44. The van der Waals surface area contributed by atoms with Crippen molar-refractivity contribution in [2.24, 2.45) is 0 Å². The van der Waals surface area contributed by atoms with Gasteiger partial charge < -0.3 is 10.4 Å². The van der Waals surface area contributed by atoms with Crippen LogP contribution >= 0.6 is 0 Å². The van der Waals surface area contributed by atoms with Gasteiger partial charge in [0.05, 0.1) is 6.61 Å². The molecule has 0 rings (SSSR count). The van der Waals surface area contributed by atoms with Crippen LogP contribution in [0.2, 0.25) is 0 Å². The van der Waals surface area contributed by atoms with Crippen LogP contribution in [0.1, 0.15) is 161 Å². The number of aliphatic hydroxyl groups excluding tert-OH is 1. The predicted molar refractivity (Wildman–Crippen MR) is 137 cm³/mol. The molecule has 0 atom stereocenters. The summed E-state index contributed by atoms with van der Waals surface area (Å²) < 4.78 is 0. The van der Waals surface area contributed by atoms with Gasteiger partial charge in [-0.25, -0.2) is 0 Å². The Balaban J connectivity index is 3.04. The van der Waals surface area contributed by atoms with E-state index in [0.29, 0.717) is 13.0 Å². The summed E-state index contributed by atoms with van der Waals surface area (Å²) in [6.07, 6.45) is 32.6. The highest BCUT2D eigenvalue weighted by Crippen LogP contribution is 2.15. The van der Waals surface area contributed by atoms with E-state index >= 15 is 0 Å². The fourth-order valence-electron chi connectivity index (χ4n) is 4.35. The number of hydrogen-bond acceptors (Lipinski definition) is 2. The molecule has 0 aliphatic heterocycles. The number of rotatable bonds is 26. The van der Waals surface area contributed by atoms with E-state index in [4.69, 9.17) is 5.11 Å². The highest BCUT2D eigenvalue weighted by molar-refractivity contribution is 5.75. The van der Waals surface area contributed by atoms with Crippen molar-refractivity contribution < 1.29 is 9.90 Å². The number of carbonyl (C=O) groups excluding carboxylic acids is 1. The molecule has 0 spiro atoms. The minimum Gasteiger partial charge on any atom is -0.395 e. The van der Waals surface area contributed by atoms with Crippen LogP contribution in [0, 0.1) is 0 Å². The van der Waals surface area contributed by atoms with Gasteiger partial charge in [0.15, 0.2) is 0 Å². The zero-order valence-corrected chi connectivity index (χ0v) is 21.2. The lowest BCUT2D eigenvalue weighted by Crippen LogP contribution is -2.25. The highest BCUT2D eigenvalue weighted by atomic mass is 16.3. The van der Waals surface area contributed by atoms with Crippen LogP contribution in [0.3, 0.4) is 0 Å². The van der Waals surface area contributed by atoms with Crippen molar-refractivity contribution in [3.63, 3.8) is 0 Å². The van der Waals surface area contributed by atoms with E-state index in [1.165, 1.54) is 135 Å². The lowest BCUT2D eigenvalue weighted by Gasteiger charge is -2.04. The second-order valence-corrected chi connectivity index (χ2v) is 9.60. The Bertz CT molecular complexity index is 346. The van der Waals surface area contributed by atoms with Gasteiger partial charge in [-0.1, -0.05) is 148 Å². The molecule has 0 saturated heterocycles. The predicted octanol–water partition coefficient (Wildman–Crippen LogP) is 8.48. The van der Waals surface area contributed by atoms with Gasteiger partial charge in [-0.05, 0) is 6.42 Å². The highest BCUT2D eigenvalue weighted by Gasteiger charge is 2.00. The van der Waals surface area contributed by atoms with Gasteiger partial charge in [0.25, 0.3) is 0 Å². The summed E-state index contributed by atoms with van der Waals surface area (Å²) in [5.74, 6) is 0.0811. The van der Waals surface area contributed by atoms with Crippen LogP contribution in [0.25, 0.3) is 0 Å². The summed E-state index contributed by atoms with van der Waals surface area (Å²) in [6, 6.07) is 0. The van der Waals surface area contributed by atoms with Gasteiger partial charge in [-0.3, -0.25) is 4.79 Å². The molecule has 0 radical (unpaired) electrons.